The number of rotatable bonds is 8. The second-order valence-corrected chi connectivity index (χ2v) is 8.41. The quantitative estimate of drug-likeness (QED) is 0.344. The summed E-state index contributed by atoms with van der Waals surface area (Å²) >= 11 is 0. The Morgan fingerprint density at radius 2 is 1.10 bits per heavy atom. The third kappa shape index (κ3) is 4.63. The Kier molecular flexibility index (Phi) is 6.73. The summed E-state index contributed by atoms with van der Waals surface area (Å²) in [5.41, 5.74) is 1.38. The van der Waals surface area contributed by atoms with Gasteiger partial charge in [-0.3, -0.25) is 4.79 Å². The smallest absolute Gasteiger partial charge is 0.314 e. The minimum absolute atomic E-state index is 0.168. The molecule has 3 nitrogen and oxygen atoms in total. The molecule has 3 aromatic carbocycles. The highest BCUT2D eigenvalue weighted by atomic mass is 16.5. The lowest BCUT2D eigenvalue weighted by Crippen LogP contribution is -2.40. The molecule has 3 heteroatoms. The van der Waals surface area contributed by atoms with Gasteiger partial charge in [0.2, 0.25) is 0 Å². The fourth-order valence-corrected chi connectivity index (χ4v) is 3.49. The maximum atomic E-state index is 12.7. The van der Waals surface area contributed by atoms with Crippen LogP contribution in [0.4, 0.5) is 0 Å². The molecule has 0 radical (unpaired) electrons. The number of benzene rings is 3. The highest BCUT2D eigenvalue weighted by Crippen LogP contribution is 2.41. The van der Waals surface area contributed by atoms with Crippen molar-refractivity contribution < 1.29 is 14.3 Å². The first-order chi connectivity index (χ1) is 14.4. The second-order valence-electron chi connectivity index (χ2n) is 8.41. The lowest BCUT2D eigenvalue weighted by Gasteiger charge is -2.38. The highest BCUT2D eigenvalue weighted by Gasteiger charge is 2.41. The van der Waals surface area contributed by atoms with E-state index in [4.69, 9.17) is 9.47 Å². The van der Waals surface area contributed by atoms with Gasteiger partial charge >= 0.3 is 5.97 Å². The van der Waals surface area contributed by atoms with Gasteiger partial charge in [0.05, 0.1) is 18.1 Å². The number of hydrogen-bond donors (Lipinski definition) is 0. The Hall–Kier alpha value is -2.91. The Labute approximate surface area is 179 Å². The van der Waals surface area contributed by atoms with E-state index < -0.39 is 11.0 Å². The molecule has 0 saturated carbocycles. The van der Waals surface area contributed by atoms with Crippen LogP contribution in [0, 0.1) is 5.41 Å². The van der Waals surface area contributed by atoms with E-state index in [2.05, 4.69) is 36.4 Å². The first kappa shape index (κ1) is 21.8. The van der Waals surface area contributed by atoms with Crippen molar-refractivity contribution in [3.05, 3.63) is 108 Å². The molecule has 0 unspecified atom stereocenters. The molecule has 156 valence electrons. The predicted molar refractivity (Wildman–Crippen MR) is 120 cm³/mol. The maximum absolute atomic E-state index is 12.7. The van der Waals surface area contributed by atoms with Gasteiger partial charge in [0, 0.05) is 0 Å². The molecule has 0 bridgehead atoms. The summed E-state index contributed by atoms with van der Waals surface area (Å²) < 4.78 is 12.2. The van der Waals surface area contributed by atoms with Crippen LogP contribution in [-0.4, -0.2) is 18.7 Å². The zero-order chi connectivity index (χ0) is 21.6. The van der Waals surface area contributed by atoms with Gasteiger partial charge < -0.3 is 9.47 Å². The Balaban J connectivity index is 2.11. The van der Waals surface area contributed by atoms with Crippen LogP contribution in [0.2, 0.25) is 0 Å². The molecule has 0 heterocycles. The average Bonchev–Trinajstić information content (AvgIpc) is 2.76. The van der Waals surface area contributed by atoms with E-state index in [9.17, 15) is 4.79 Å². The van der Waals surface area contributed by atoms with Gasteiger partial charge in [-0.15, -0.1) is 0 Å². The van der Waals surface area contributed by atoms with Crippen LogP contribution in [-0.2, 0) is 19.9 Å². The van der Waals surface area contributed by atoms with Gasteiger partial charge in [-0.05, 0) is 44.4 Å². The molecular weight excluding hydrogens is 372 g/mol. The van der Waals surface area contributed by atoms with Crippen LogP contribution in [0.15, 0.2) is 91.0 Å². The van der Waals surface area contributed by atoms with E-state index >= 15 is 0 Å². The van der Waals surface area contributed by atoms with Gasteiger partial charge in [0.15, 0.2) is 0 Å². The summed E-state index contributed by atoms with van der Waals surface area (Å²) in [6.45, 7) is 7.65. The van der Waals surface area contributed by atoms with Gasteiger partial charge in [0.1, 0.15) is 5.60 Å². The predicted octanol–water partition coefficient (Wildman–Crippen LogP) is 5.97. The zero-order valence-electron chi connectivity index (χ0n) is 18.2. The third-order valence-corrected chi connectivity index (χ3v) is 5.09. The largest absolute Gasteiger partial charge is 0.462 e. The van der Waals surface area contributed by atoms with Crippen molar-refractivity contribution in [2.24, 2.45) is 5.41 Å². The van der Waals surface area contributed by atoms with Crippen LogP contribution in [0.25, 0.3) is 0 Å². The van der Waals surface area contributed by atoms with E-state index in [-0.39, 0.29) is 18.7 Å². The third-order valence-electron chi connectivity index (χ3n) is 5.09. The molecule has 0 N–H and O–H groups in total. The minimum Gasteiger partial charge on any atom is -0.462 e. The molecule has 0 aromatic heterocycles. The second kappa shape index (κ2) is 9.27. The highest BCUT2D eigenvalue weighted by molar-refractivity contribution is 5.76. The number of carbonyl (C=O) groups excluding carboxylic acids is 1. The topological polar surface area (TPSA) is 35.5 Å². The first-order valence-electron chi connectivity index (χ1n) is 10.4. The molecule has 0 atom stereocenters. The Bertz CT molecular complexity index is 835. The van der Waals surface area contributed by atoms with Gasteiger partial charge in [-0.1, -0.05) is 91.0 Å². The van der Waals surface area contributed by atoms with E-state index in [0.29, 0.717) is 0 Å². The summed E-state index contributed by atoms with van der Waals surface area (Å²) in [5, 5.41) is 0. The number of hydrogen-bond acceptors (Lipinski definition) is 3. The van der Waals surface area contributed by atoms with Crippen molar-refractivity contribution in [2.45, 2.75) is 39.4 Å². The number of ether oxygens (including phenoxy) is 2. The van der Waals surface area contributed by atoms with Crippen molar-refractivity contribution in [2.75, 3.05) is 6.61 Å². The zero-order valence-corrected chi connectivity index (χ0v) is 18.2. The lowest BCUT2D eigenvalue weighted by molar-refractivity contribution is -0.164. The number of carbonyl (C=O) groups is 1. The van der Waals surface area contributed by atoms with Crippen LogP contribution < -0.4 is 0 Å². The molecule has 3 aromatic rings. The SMILES string of the molecule is CC(C)OC(=O)C(C)(C)COC(c1ccccc1)(c1ccccc1)c1ccccc1. The van der Waals surface area contributed by atoms with Crippen LogP contribution in [0.3, 0.4) is 0 Å². The molecule has 0 amide bonds. The number of esters is 1. The van der Waals surface area contributed by atoms with Crippen LogP contribution >= 0.6 is 0 Å². The monoisotopic (exact) mass is 402 g/mol. The summed E-state index contributed by atoms with van der Waals surface area (Å²) in [5.74, 6) is -0.263. The van der Waals surface area contributed by atoms with E-state index in [1.807, 2.05) is 82.3 Å². The Morgan fingerprint density at radius 3 is 1.43 bits per heavy atom. The maximum Gasteiger partial charge on any atom is 0.314 e. The van der Waals surface area contributed by atoms with Gasteiger partial charge in [0.25, 0.3) is 0 Å². The molecule has 0 aliphatic rings. The standard InChI is InChI=1S/C27H30O3/c1-21(2)30-25(28)26(3,4)20-29-27(22-14-8-5-9-15-22,23-16-10-6-11-17-23)24-18-12-7-13-19-24/h5-19,21H,20H2,1-4H3. The van der Waals surface area contributed by atoms with Crippen molar-refractivity contribution in [1.29, 1.82) is 0 Å². The molecule has 0 aliphatic heterocycles. The molecule has 3 rings (SSSR count). The minimum atomic E-state index is -0.848. The molecule has 0 spiro atoms. The molecular formula is C27H30O3. The summed E-state index contributed by atoms with van der Waals surface area (Å²) in [6, 6.07) is 30.5. The molecule has 0 fully saturated rings. The Morgan fingerprint density at radius 1 is 0.733 bits per heavy atom. The normalized spacial score (nSPS) is 12.0. The van der Waals surface area contributed by atoms with Gasteiger partial charge in [-0.25, -0.2) is 0 Å². The molecule has 0 aliphatic carbocycles. The molecule has 0 saturated heterocycles. The van der Waals surface area contributed by atoms with Crippen molar-refractivity contribution in [1.82, 2.24) is 0 Å². The lowest BCUT2D eigenvalue weighted by atomic mass is 9.79. The van der Waals surface area contributed by atoms with E-state index in [1.54, 1.807) is 0 Å². The van der Waals surface area contributed by atoms with E-state index in [0.717, 1.165) is 16.7 Å². The first-order valence-corrected chi connectivity index (χ1v) is 10.4. The fourth-order valence-electron chi connectivity index (χ4n) is 3.49. The van der Waals surface area contributed by atoms with Crippen molar-refractivity contribution in [3.8, 4) is 0 Å². The van der Waals surface area contributed by atoms with Crippen LogP contribution in [0.5, 0.6) is 0 Å². The molecule has 30 heavy (non-hydrogen) atoms. The summed E-state index contributed by atoms with van der Waals surface area (Å²) in [4.78, 5) is 12.7. The van der Waals surface area contributed by atoms with Gasteiger partial charge in [-0.2, -0.15) is 0 Å². The summed E-state index contributed by atoms with van der Waals surface area (Å²) in [6.07, 6.45) is -0.168. The van der Waals surface area contributed by atoms with Crippen LogP contribution in [0.1, 0.15) is 44.4 Å². The van der Waals surface area contributed by atoms with E-state index in [1.165, 1.54) is 0 Å². The van der Waals surface area contributed by atoms with Crippen molar-refractivity contribution >= 4 is 5.97 Å². The fraction of sp³-hybridized carbons (Fsp3) is 0.296. The van der Waals surface area contributed by atoms with Crippen molar-refractivity contribution in [3.63, 3.8) is 0 Å². The average molecular weight is 403 g/mol. The summed E-state index contributed by atoms with van der Waals surface area (Å²) in [7, 11) is 0.